The third-order valence-electron chi connectivity index (χ3n) is 5.03. The Balaban J connectivity index is 1.59. The standard InChI is InChI=1S/C22H26ClN3O3/c1-29-15-12-24-21(27)18-7-3-5-9-20(18)26-13-10-16(11-14-26)25-22(28)17-6-2-4-8-19(17)23/h2-9,16H,10-15H2,1H3,(H,24,27)(H,25,28). The van der Waals surface area contributed by atoms with Crippen LogP contribution in [0.25, 0.3) is 0 Å². The maximum Gasteiger partial charge on any atom is 0.253 e. The maximum absolute atomic E-state index is 12.5. The monoisotopic (exact) mass is 415 g/mol. The molecule has 0 spiro atoms. The number of piperidine rings is 1. The largest absolute Gasteiger partial charge is 0.383 e. The summed E-state index contributed by atoms with van der Waals surface area (Å²) in [5, 5.41) is 6.41. The fourth-order valence-electron chi connectivity index (χ4n) is 3.48. The lowest BCUT2D eigenvalue weighted by molar-refractivity contribution is 0.0928. The highest BCUT2D eigenvalue weighted by molar-refractivity contribution is 6.33. The average Bonchev–Trinajstić information content (AvgIpc) is 2.74. The zero-order chi connectivity index (χ0) is 20.6. The average molecular weight is 416 g/mol. The van der Waals surface area contributed by atoms with Gasteiger partial charge in [0.1, 0.15) is 0 Å². The summed E-state index contributed by atoms with van der Waals surface area (Å²) < 4.78 is 4.99. The van der Waals surface area contributed by atoms with Gasteiger partial charge in [-0.3, -0.25) is 9.59 Å². The molecule has 1 aliphatic rings. The SMILES string of the molecule is COCCNC(=O)c1ccccc1N1CCC(NC(=O)c2ccccc2Cl)CC1. The Labute approximate surface area is 176 Å². The van der Waals surface area contributed by atoms with Crippen LogP contribution in [0.15, 0.2) is 48.5 Å². The normalized spacial score (nSPS) is 14.5. The number of carbonyl (C=O) groups is 2. The molecule has 0 aromatic heterocycles. The van der Waals surface area contributed by atoms with Gasteiger partial charge in [-0.15, -0.1) is 0 Å². The minimum atomic E-state index is -0.146. The van der Waals surface area contributed by atoms with Gasteiger partial charge in [0.15, 0.2) is 0 Å². The van der Waals surface area contributed by atoms with Gasteiger partial charge in [-0.25, -0.2) is 0 Å². The Morgan fingerprint density at radius 3 is 2.38 bits per heavy atom. The van der Waals surface area contributed by atoms with E-state index in [1.54, 1.807) is 31.4 Å². The summed E-state index contributed by atoms with van der Waals surface area (Å²) in [4.78, 5) is 27.2. The van der Waals surface area contributed by atoms with Crippen LogP contribution >= 0.6 is 11.6 Å². The Hall–Kier alpha value is -2.57. The summed E-state index contributed by atoms with van der Waals surface area (Å²) in [7, 11) is 1.61. The van der Waals surface area contributed by atoms with E-state index >= 15 is 0 Å². The Morgan fingerprint density at radius 1 is 1.03 bits per heavy atom. The number of carbonyl (C=O) groups excluding carboxylic acids is 2. The highest BCUT2D eigenvalue weighted by Crippen LogP contribution is 2.25. The maximum atomic E-state index is 12.5. The lowest BCUT2D eigenvalue weighted by atomic mass is 10.0. The molecule has 0 aliphatic carbocycles. The van der Waals surface area contributed by atoms with E-state index < -0.39 is 0 Å². The van der Waals surface area contributed by atoms with Crippen LogP contribution in [-0.2, 0) is 4.74 Å². The van der Waals surface area contributed by atoms with Gasteiger partial charge in [-0.05, 0) is 37.1 Å². The summed E-state index contributed by atoms with van der Waals surface area (Å²) in [6.45, 7) is 2.47. The predicted molar refractivity (Wildman–Crippen MR) is 115 cm³/mol. The number of nitrogens with zero attached hydrogens (tertiary/aromatic N) is 1. The number of amides is 2. The second-order valence-corrected chi connectivity index (χ2v) is 7.39. The van der Waals surface area contributed by atoms with Crippen molar-refractivity contribution in [1.82, 2.24) is 10.6 Å². The van der Waals surface area contributed by atoms with Crippen molar-refractivity contribution in [2.24, 2.45) is 0 Å². The summed E-state index contributed by atoms with van der Waals surface area (Å²) in [6.07, 6.45) is 1.60. The number of hydrogen-bond acceptors (Lipinski definition) is 4. The highest BCUT2D eigenvalue weighted by atomic mass is 35.5. The zero-order valence-corrected chi connectivity index (χ0v) is 17.2. The summed E-state index contributed by atoms with van der Waals surface area (Å²) in [5.74, 6) is -0.251. The Kier molecular flexibility index (Phi) is 7.49. The molecule has 0 saturated carbocycles. The second kappa shape index (κ2) is 10.3. The zero-order valence-electron chi connectivity index (χ0n) is 16.5. The van der Waals surface area contributed by atoms with Crippen molar-refractivity contribution in [3.8, 4) is 0 Å². The molecule has 1 aliphatic heterocycles. The van der Waals surface area contributed by atoms with E-state index in [2.05, 4.69) is 15.5 Å². The molecule has 0 radical (unpaired) electrons. The second-order valence-electron chi connectivity index (χ2n) is 6.98. The van der Waals surface area contributed by atoms with Crippen LogP contribution in [0.4, 0.5) is 5.69 Å². The molecule has 6 nitrogen and oxygen atoms in total. The van der Waals surface area contributed by atoms with Crippen LogP contribution < -0.4 is 15.5 Å². The van der Waals surface area contributed by atoms with Crippen molar-refractivity contribution in [2.75, 3.05) is 38.3 Å². The van der Waals surface area contributed by atoms with Gasteiger partial charge >= 0.3 is 0 Å². The minimum absolute atomic E-state index is 0.0812. The molecule has 154 valence electrons. The van der Waals surface area contributed by atoms with Gasteiger partial charge in [-0.1, -0.05) is 35.9 Å². The van der Waals surface area contributed by atoms with E-state index in [9.17, 15) is 9.59 Å². The molecule has 0 unspecified atom stereocenters. The Bertz CT molecular complexity index is 851. The molecular formula is C22H26ClN3O3. The highest BCUT2D eigenvalue weighted by Gasteiger charge is 2.24. The van der Waals surface area contributed by atoms with Gasteiger partial charge in [-0.2, -0.15) is 0 Å². The van der Waals surface area contributed by atoms with Crippen molar-refractivity contribution in [1.29, 1.82) is 0 Å². The fourth-order valence-corrected chi connectivity index (χ4v) is 3.70. The molecule has 1 saturated heterocycles. The van der Waals surface area contributed by atoms with Crippen LogP contribution in [0.1, 0.15) is 33.6 Å². The molecule has 2 aromatic carbocycles. The van der Waals surface area contributed by atoms with Crippen LogP contribution in [0.3, 0.4) is 0 Å². The molecular weight excluding hydrogens is 390 g/mol. The van der Waals surface area contributed by atoms with Crippen LogP contribution in [0.2, 0.25) is 5.02 Å². The van der Waals surface area contributed by atoms with Crippen molar-refractivity contribution < 1.29 is 14.3 Å². The molecule has 3 rings (SSSR count). The van der Waals surface area contributed by atoms with Gasteiger partial charge in [0.05, 0.1) is 22.8 Å². The predicted octanol–water partition coefficient (Wildman–Crippen LogP) is 3.12. The summed E-state index contributed by atoms with van der Waals surface area (Å²) in [6, 6.07) is 14.7. The van der Waals surface area contributed by atoms with Crippen LogP contribution in [0.5, 0.6) is 0 Å². The number of para-hydroxylation sites is 1. The molecule has 0 bridgehead atoms. The van der Waals surface area contributed by atoms with Crippen LogP contribution in [0, 0.1) is 0 Å². The van der Waals surface area contributed by atoms with E-state index in [-0.39, 0.29) is 17.9 Å². The number of methoxy groups -OCH3 is 1. The number of ether oxygens (including phenoxy) is 1. The molecule has 2 amide bonds. The van der Waals surface area contributed by atoms with E-state index in [1.807, 2.05) is 24.3 Å². The van der Waals surface area contributed by atoms with Crippen molar-refractivity contribution in [2.45, 2.75) is 18.9 Å². The molecule has 1 heterocycles. The van der Waals surface area contributed by atoms with Gasteiger partial charge in [0, 0.05) is 38.5 Å². The number of anilines is 1. The molecule has 2 N–H and O–H groups in total. The van der Waals surface area contributed by atoms with Crippen LogP contribution in [-0.4, -0.2) is 51.2 Å². The molecule has 7 heteroatoms. The molecule has 29 heavy (non-hydrogen) atoms. The third kappa shape index (κ3) is 5.49. The van der Waals surface area contributed by atoms with Gasteiger partial charge < -0.3 is 20.3 Å². The lowest BCUT2D eigenvalue weighted by Crippen LogP contribution is -2.45. The smallest absolute Gasteiger partial charge is 0.253 e. The quantitative estimate of drug-likeness (QED) is 0.681. The first-order valence-corrected chi connectivity index (χ1v) is 10.1. The van der Waals surface area contributed by atoms with Crippen molar-refractivity contribution in [3.05, 3.63) is 64.7 Å². The first kappa shape index (κ1) is 21.1. The number of hydrogen-bond donors (Lipinski definition) is 2. The third-order valence-corrected chi connectivity index (χ3v) is 5.36. The van der Waals surface area contributed by atoms with Gasteiger partial charge in [0.25, 0.3) is 11.8 Å². The van der Waals surface area contributed by atoms with Crippen molar-refractivity contribution in [3.63, 3.8) is 0 Å². The first-order valence-electron chi connectivity index (χ1n) is 9.76. The topological polar surface area (TPSA) is 70.7 Å². The first-order chi connectivity index (χ1) is 14.1. The van der Waals surface area contributed by atoms with E-state index in [4.69, 9.17) is 16.3 Å². The fraction of sp³-hybridized carbons (Fsp3) is 0.364. The van der Waals surface area contributed by atoms with E-state index in [0.717, 1.165) is 31.6 Å². The summed E-state index contributed by atoms with van der Waals surface area (Å²) in [5.41, 5.74) is 2.06. The number of benzene rings is 2. The Morgan fingerprint density at radius 2 is 1.69 bits per heavy atom. The number of halogens is 1. The molecule has 1 fully saturated rings. The van der Waals surface area contributed by atoms with Gasteiger partial charge in [0.2, 0.25) is 0 Å². The number of rotatable bonds is 7. The lowest BCUT2D eigenvalue weighted by Gasteiger charge is -2.35. The van der Waals surface area contributed by atoms with E-state index in [0.29, 0.717) is 29.3 Å². The molecule has 0 atom stereocenters. The molecule has 2 aromatic rings. The minimum Gasteiger partial charge on any atom is -0.383 e. The van der Waals surface area contributed by atoms with Crippen molar-refractivity contribution >= 4 is 29.1 Å². The van der Waals surface area contributed by atoms with E-state index in [1.165, 1.54) is 0 Å². The summed E-state index contributed by atoms with van der Waals surface area (Å²) >= 11 is 6.12. The number of nitrogens with one attached hydrogen (secondary N) is 2.